The third kappa shape index (κ3) is 5.39. The highest BCUT2D eigenvalue weighted by Gasteiger charge is 2.80. The van der Waals surface area contributed by atoms with E-state index in [0.29, 0.717) is 37.4 Å². The van der Waals surface area contributed by atoms with Crippen LogP contribution >= 0.6 is 0 Å². The highest BCUT2D eigenvalue weighted by atomic mass is 16.5. The number of aliphatic hydroxyl groups is 1. The number of carbonyl (C=O) groups excluding carboxylic acids is 3. The van der Waals surface area contributed by atoms with E-state index in [9.17, 15) is 19.5 Å². The molecule has 3 aliphatic rings. The highest BCUT2D eigenvalue weighted by Crippen LogP contribution is 2.66. The summed E-state index contributed by atoms with van der Waals surface area (Å²) in [6, 6.07) is 5.53. The summed E-state index contributed by atoms with van der Waals surface area (Å²) in [5, 5.41) is 10.6. The topological polar surface area (TPSA) is 99.6 Å². The van der Waals surface area contributed by atoms with Gasteiger partial charge in [0.1, 0.15) is 17.4 Å². The van der Waals surface area contributed by atoms with E-state index in [2.05, 4.69) is 13.2 Å². The minimum Gasteiger partial charge on any atom is -0.497 e. The first-order chi connectivity index (χ1) is 20.4. The zero-order valence-corrected chi connectivity index (χ0v) is 26.6. The Morgan fingerprint density at radius 3 is 2.37 bits per heavy atom. The second-order valence-corrected chi connectivity index (χ2v) is 12.9. The second kappa shape index (κ2) is 12.8. The van der Waals surface area contributed by atoms with Crippen molar-refractivity contribution in [3.8, 4) is 5.75 Å². The number of likely N-dealkylation sites (tertiary alicyclic amines) is 1. The minimum absolute atomic E-state index is 0.0838. The van der Waals surface area contributed by atoms with Crippen LogP contribution in [-0.4, -0.2) is 89.3 Å². The van der Waals surface area contributed by atoms with Crippen LogP contribution in [0.2, 0.25) is 0 Å². The molecule has 0 radical (unpaired) electrons. The average Bonchev–Trinajstić information content (AvgIpc) is 3.50. The van der Waals surface area contributed by atoms with Crippen LogP contribution in [-0.2, 0) is 19.1 Å². The number of hydrogen-bond acceptors (Lipinski definition) is 6. The monoisotopic (exact) mass is 595 g/mol. The smallest absolute Gasteiger partial charge is 0.253 e. The van der Waals surface area contributed by atoms with Crippen LogP contribution in [0.4, 0.5) is 5.69 Å². The summed E-state index contributed by atoms with van der Waals surface area (Å²) in [7, 11) is 1.58. The Bertz CT molecular complexity index is 1220. The van der Waals surface area contributed by atoms with Gasteiger partial charge in [0.25, 0.3) is 5.91 Å². The lowest BCUT2D eigenvalue weighted by molar-refractivity contribution is -0.154. The van der Waals surface area contributed by atoms with Crippen LogP contribution in [0.3, 0.4) is 0 Å². The van der Waals surface area contributed by atoms with Gasteiger partial charge in [-0.3, -0.25) is 14.4 Å². The van der Waals surface area contributed by atoms with E-state index in [1.165, 1.54) is 0 Å². The lowest BCUT2D eigenvalue weighted by Crippen LogP contribution is -2.59. The summed E-state index contributed by atoms with van der Waals surface area (Å²) in [4.78, 5) is 48.9. The molecule has 3 saturated heterocycles. The Labute approximate surface area is 256 Å². The Morgan fingerprint density at radius 1 is 1.19 bits per heavy atom. The number of benzene rings is 1. The molecule has 43 heavy (non-hydrogen) atoms. The molecule has 9 heteroatoms. The Hall–Kier alpha value is -3.17. The van der Waals surface area contributed by atoms with Crippen molar-refractivity contribution < 1.29 is 29.0 Å². The van der Waals surface area contributed by atoms with Crippen molar-refractivity contribution in [3.63, 3.8) is 0 Å². The maximum Gasteiger partial charge on any atom is 0.253 e. The number of fused-ring (bicyclic) bond motifs is 1. The van der Waals surface area contributed by atoms with Gasteiger partial charge < -0.3 is 29.3 Å². The molecule has 3 amide bonds. The Balaban J connectivity index is 1.88. The fraction of sp³-hybridized carbons (Fsp3) is 0.618. The van der Waals surface area contributed by atoms with Crippen LogP contribution in [0.25, 0.3) is 0 Å². The first-order valence-corrected chi connectivity index (χ1v) is 15.5. The summed E-state index contributed by atoms with van der Waals surface area (Å²) in [6.45, 7) is 18.6. The fourth-order valence-corrected chi connectivity index (χ4v) is 7.82. The van der Waals surface area contributed by atoms with Crippen molar-refractivity contribution in [3.05, 3.63) is 49.6 Å². The maximum absolute atomic E-state index is 14.9. The van der Waals surface area contributed by atoms with Gasteiger partial charge in [0.05, 0.1) is 37.2 Å². The zero-order valence-electron chi connectivity index (χ0n) is 26.6. The van der Waals surface area contributed by atoms with Gasteiger partial charge in [-0.25, -0.2) is 0 Å². The molecule has 2 bridgehead atoms. The van der Waals surface area contributed by atoms with Gasteiger partial charge in [0.2, 0.25) is 11.8 Å². The molecule has 3 heterocycles. The molecule has 0 aliphatic carbocycles. The molecule has 9 nitrogen and oxygen atoms in total. The Morgan fingerprint density at radius 2 is 1.84 bits per heavy atom. The number of rotatable bonds is 14. The number of methoxy groups -OCH3 is 1. The van der Waals surface area contributed by atoms with E-state index in [4.69, 9.17) is 9.47 Å². The number of carbonyl (C=O) groups is 3. The van der Waals surface area contributed by atoms with Gasteiger partial charge in [-0.15, -0.1) is 13.2 Å². The van der Waals surface area contributed by atoms with Crippen LogP contribution in [0.15, 0.2) is 49.6 Å². The molecular weight excluding hydrogens is 546 g/mol. The molecule has 236 valence electrons. The van der Waals surface area contributed by atoms with Gasteiger partial charge in [0, 0.05) is 25.3 Å². The molecule has 1 N–H and O–H groups in total. The Kier molecular flexibility index (Phi) is 9.76. The van der Waals surface area contributed by atoms with E-state index in [1.807, 2.05) is 34.6 Å². The lowest BCUT2D eigenvalue weighted by atomic mass is 9.62. The van der Waals surface area contributed by atoms with Crippen LogP contribution in [0.1, 0.15) is 53.9 Å². The average molecular weight is 596 g/mol. The maximum atomic E-state index is 14.9. The van der Waals surface area contributed by atoms with Crippen molar-refractivity contribution in [2.45, 2.75) is 77.2 Å². The predicted molar refractivity (Wildman–Crippen MR) is 167 cm³/mol. The number of ether oxygens (including phenoxy) is 2. The molecule has 3 aliphatic heterocycles. The summed E-state index contributed by atoms with van der Waals surface area (Å²) >= 11 is 0. The van der Waals surface area contributed by atoms with Crippen LogP contribution in [0, 0.1) is 23.7 Å². The fourth-order valence-electron chi connectivity index (χ4n) is 7.82. The van der Waals surface area contributed by atoms with E-state index < -0.39 is 35.1 Å². The van der Waals surface area contributed by atoms with Crippen molar-refractivity contribution in [2.75, 3.05) is 38.3 Å². The highest BCUT2D eigenvalue weighted by molar-refractivity contribution is 6.05. The molecule has 3 fully saturated rings. The van der Waals surface area contributed by atoms with Crippen molar-refractivity contribution in [1.29, 1.82) is 0 Å². The lowest BCUT2D eigenvalue weighted by Gasteiger charge is -2.40. The molecule has 1 spiro atoms. The first-order valence-electron chi connectivity index (χ1n) is 15.5. The van der Waals surface area contributed by atoms with E-state index in [0.717, 1.165) is 6.42 Å². The summed E-state index contributed by atoms with van der Waals surface area (Å²) in [6.07, 6.45) is 5.07. The normalized spacial score (nSPS) is 29.9. The molecule has 1 aromatic rings. The van der Waals surface area contributed by atoms with Gasteiger partial charge in [-0.05, 0) is 62.3 Å². The molecule has 1 aromatic carbocycles. The third-order valence-electron chi connectivity index (χ3n) is 9.72. The quantitative estimate of drug-likeness (QED) is 0.326. The van der Waals surface area contributed by atoms with E-state index >= 15 is 0 Å². The van der Waals surface area contributed by atoms with E-state index in [-0.39, 0.29) is 42.7 Å². The van der Waals surface area contributed by atoms with Crippen LogP contribution < -0.4 is 9.64 Å². The van der Waals surface area contributed by atoms with Gasteiger partial charge in [-0.2, -0.15) is 0 Å². The van der Waals surface area contributed by atoms with Crippen LogP contribution in [0.5, 0.6) is 5.75 Å². The molecule has 7 atom stereocenters. The SMILES string of the molecule is C=CCN(CCC)C(=O)[C@@H]1[C@H]2C(=O)N([C@@H](CO)CC(C)C)C(C(=O)N(CC=C)c3ccc(OC)cc3)C23CC(C)[C@@]1(C)O3. The second-order valence-electron chi connectivity index (χ2n) is 12.9. The van der Waals surface area contributed by atoms with Gasteiger partial charge in [0.15, 0.2) is 0 Å². The number of hydrogen-bond donors (Lipinski definition) is 1. The standard InChI is InChI=1S/C34H49N3O6/c1-9-16-35(17-10-2)30(39)27-28-31(40)37(25(21-38)19-22(4)5)29(34(28)20-23(6)33(27,7)43-34)32(41)36(18-11-3)24-12-14-26(42-8)15-13-24/h9,11-15,22-23,25,27-29,38H,1,3,10,16-21H2,2,4-8H3/t23?,25-,27+,28+,29?,33-,34?/m1/s1. The molecule has 0 aromatic heterocycles. The molecule has 3 unspecified atom stereocenters. The number of anilines is 1. The molecule has 0 saturated carbocycles. The number of amides is 3. The van der Waals surface area contributed by atoms with Crippen molar-refractivity contribution >= 4 is 23.4 Å². The summed E-state index contributed by atoms with van der Waals surface area (Å²) < 4.78 is 12.3. The minimum atomic E-state index is -1.22. The van der Waals surface area contributed by atoms with Crippen molar-refractivity contribution in [2.24, 2.45) is 23.7 Å². The van der Waals surface area contributed by atoms with E-state index in [1.54, 1.807) is 58.2 Å². The van der Waals surface area contributed by atoms with Gasteiger partial charge >= 0.3 is 0 Å². The number of aliphatic hydroxyl groups excluding tert-OH is 1. The van der Waals surface area contributed by atoms with Crippen molar-refractivity contribution in [1.82, 2.24) is 9.80 Å². The summed E-state index contributed by atoms with van der Waals surface area (Å²) in [5.41, 5.74) is -1.52. The number of nitrogens with zero attached hydrogens (tertiary/aromatic N) is 3. The predicted octanol–water partition coefficient (Wildman–Crippen LogP) is 4.06. The zero-order chi connectivity index (χ0) is 31.7. The summed E-state index contributed by atoms with van der Waals surface area (Å²) in [5.74, 6) is -1.64. The largest absolute Gasteiger partial charge is 0.497 e. The first kappa shape index (κ1) is 32.7. The molecular formula is C34H49N3O6. The third-order valence-corrected chi connectivity index (χ3v) is 9.72. The molecule has 4 rings (SSSR count). The van der Waals surface area contributed by atoms with Gasteiger partial charge in [-0.1, -0.05) is 39.8 Å².